The van der Waals surface area contributed by atoms with E-state index in [1.807, 2.05) is 0 Å². The third-order valence-corrected chi connectivity index (χ3v) is 4.07. The molecule has 0 amide bonds. The van der Waals surface area contributed by atoms with E-state index in [-0.39, 0.29) is 5.54 Å². The lowest BCUT2D eigenvalue weighted by Crippen LogP contribution is -2.56. The highest BCUT2D eigenvalue weighted by Gasteiger charge is 2.40. The molecule has 2 aliphatic carbocycles. The van der Waals surface area contributed by atoms with E-state index >= 15 is 0 Å². The largest absolute Gasteiger partial charge is 0.329 e. The zero-order valence-electron chi connectivity index (χ0n) is 9.13. The molecule has 0 radical (unpaired) electrons. The highest BCUT2D eigenvalue weighted by Crippen LogP contribution is 2.35. The average Bonchev–Trinajstić information content (AvgIpc) is 2.79. The Morgan fingerprint density at radius 1 is 1.43 bits per heavy atom. The molecule has 0 aliphatic heterocycles. The summed E-state index contributed by atoms with van der Waals surface area (Å²) in [6, 6.07) is 0.652. The molecular formula is C12H22N2. The van der Waals surface area contributed by atoms with Crippen LogP contribution >= 0.6 is 0 Å². The highest BCUT2D eigenvalue weighted by atomic mass is 15.0. The summed E-state index contributed by atoms with van der Waals surface area (Å²) in [7, 11) is 0. The molecule has 1 fully saturated rings. The van der Waals surface area contributed by atoms with Crippen molar-refractivity contribution in [2.75, 3.05) is 6.54 Å². The minimum Gasteiger partial charge on any atom is -0.329 e. The summed E-state index contributed by atoms with van der Waals surface area (Å²) in [5.41, 5.74) is 6.20. The van der Waals surface area contributed by atoms with Crippen molar-refractivity contribution in [1.29, 1.82) is 0 Å². The maximum Gasteiger partial charge on any atom is 0.0332 e. The Bertz CT molecular complexity index is 216. The molecule has 0 aromatic rings. The number of hydrogen-bond acceptors (Lipinski definition) is 2. The van der Waals surface area contributed by atoms with E-state index in [0.29, 0.717) is 6.04 Å². The van der Waals surface area contributed by atoms with Crippen LogP contribution in [-0.4, -0.2) is 18.1 Å². The Kier molecular flexibility index (Phi) is 2.93. The molecule has 0 aromatic heterocycles. The summed E-state index contributed by atoms with van der Waals surface area (Å²) in [6.07, 6.45) is 10.9. The molecule has 2 nitrogen and oxygen atoms in total. The molecule has 2 atom stereocenters. The van der Waals surface area contributed by atoms with E-state index < -0.39 is 0 Å². The zero-order chi connectivity index (χ0) is 10.0. The number of nitrogens with two attached hydrogens (primary N) is 1. The van der Waals surface area contributed by atoms with Crippen molar-refractivity contribution in [3.05, 3.63) is 12.2 Å². The van der Waals surface area contributed by atoms with Gasteiger partial charge in [-0.2, -0.15) is 0 Å². The van der Waals surface area contributed by atoms with Gasteiger partial charge in [0.15, 0.2) is 0 Å². The van der Waals surface area contributed by atoms with Gasteiger partial charge >= 0.3 is 0 Å². The Morgan fingerprint density at radius 3 is 2.64 bits per heavy atom. The van der Waals surface area contributed by atoms with E-state index in [2.05, 4.69) is 24.4 Å². The van der Waals surface area contributed by atoms with Crippen molar-refractivity contribution in [2.45, 2.75) is 50.6 Å². The van der Waals surface area contributed by atoms with Gasteiger partial charge in [-0.25, -0.2) is 0 Å². The molecule has 14 heavy (non-hydrogen) atoms. The molecule has 0 heterocycles. The van der Waals surface area contributed by atoms with Gasteiger partial charge in [-0.05, 0) is 31.6 Å². The normalized spacial score (nSPS) is 38.3. The molecule has 0 bridgehead atoms. The van der Waals surface area contributed by atoms with Gasteiger partial charge in [0.05, 0.1) is 0 Å². The van der Waals surface area contributed by atoms with E-state index in [4.69, 9.17) is 5.73 Å². The fourth-order valence-corrected chi connectivity index (χ4v) is 2.96. The summed E-state index contributed by atoms with van der Waals surface area (Å²) in [6.45, 7) is 3.14. The maximum atomic E-state index is 5.95. The second-order valence-corrected chi connectivity index (χ2v) is 4.94. The van der Waals surface area contributed by atoms with Gasteiger partial charge in [0.1, 0.15) is 0 Å². The third-order valence-electron chi connectivity index (χ3n) is 4.07. The minimum absolute atomic E-state index is 0.247. The SMILES string of the molecule is CC1CCCC1(CN)NC1CC=CC1. The molecule has 2 unspecified atom stereocenters. The van der Waals surface area contributed by atoms with Gasteiger partial charge in [-0.1, -0.05) is 25.5 Å². The second kappa shape index (κ2) is 4.03. The fourth-order valence-electron chi connectivity index (χ4n) is 2.96. The number of nitrogens with one attached hydrogen (secondary N) is 1. The maximum absolute atomic E-state index is 5.95. The minimum atomic E-state index is 0.247. The Labute approximate surface area is 86.9 Å². The molecule has 2 rings (SSSR count). The molecule has 0 spiro atoms. The average molecular weight is 194 g/mol. The van der Waals surface area contributed by atoms with Crippen molar-refractivity contribution < 1.29 is 0 Å². The fraction of sp³-hybridized carbons (Fsp3) is 0.833. The van der Waals surface area contributed by atoms with Gasteiger partial charge in [-0.15, -0.1) is 0 Å². The van der Waals surface area contributed by atoms with E-state index in [9.17, 15) is 0 Å². The van der Waals surface area contributed by atoms with Crippen molar-refractivity contribution in [3.63, 3.8) is 0 Å². The Balaban J connectivity index is 1.97. The van der Waals surface area contributed by atoms with Gasteiger partial charge in [0.2, 0.25) is 0 Å². The van der Waals surface area contributed by atoms with E-state index in [0.717, 1.165) is 12.5 Å². The molecular weight excluding hydrogens is 172 g/mol. The van der Waals surface area contributed by atoms with Gasteiger partial charge in [0.25, 0.3) is 0 Å². The van der Waals surface area contributed by atoms with Crippen molar-refractivity contribution in [1.82, 2.24) is 5.32 Å². The van der Waals surface area contributed by atoms with Crippen LogP contribution in [0.4, 0.5) is 0 Å². The third kappa shape index (κ3) is 1.73. The molecule has 80 valence electrons. The van der Waals surface area contributed by atoms with Crippen LogP contribution in [0, 0.1) is 5.92 Å². The Morgan fingerprint density at radius 2 is 2.14 bits per heavy atom. The topological polar surface area (TPSA) is 38.0 Å². The van der Waals surface area contributed by atoms with Crippen LogP contribution in [0.15, 0.2) is 12.2 Å². The first-order valence-electron chi connectivity index (χ1n) is 5.89. The summed E-state index contributed by atoms with van der Waals surface area (Å²) >= 11 is 0. The van der Waals surface area contributed by atoms with Crippen LogP contribution < -0.4 is 11.1 Å². The number of hydrogen-bond donors (Lipinski definition) is 2. The molecule has 2 aliphatic rings. The summed E-state index contributed by atoms with van der Waals surface area (Å²) in [4.78, 5) is 0. The van der Waals surface area contributed by atoms with Crippen LogP contribution in [0.25, 0.3) is 0 Å². The van der Waals surface area contributed by atoms with Crippen molar-refractivity contribution in [3.8, 4) is 0 Å². The molecule has 3 N–H and O–H groups in total. The van der Waals surface area contributed by atoms with Crippen molar-refractivity contribution in [2.24, 2.45) is 11.7 Å². The van der Waals surface area contributed by atoms with E-state index in [1.54, 1.807) is 0 Å². The molecule has 0 aromatic carbocycles. The van der Waals surface area contributed by atoms with Gasteiger partial charge in [-0.3, -0.25) is 0 Å². The summed E-state index contributed by atoms with van der Waals surface area (Å²) in [5, 5.41) is 3.80. The monoisotopic (exact) mass is 194 g/mol. The van der Waals surface area contributed by atoms with Gasteiger partial charge < -0.3 is 11.1 Å². The lowest BCUT2D eigenvalue weighted by atomic mass is 9.87. The van der Waals surface area contributed by atoms with Crippen LogP contribution in [0.5, 0.6) is 0 Å². The summed E-state index contributed by atoms with van der Waals surface area (Å²) in [5.74, 6) is 0.744. The highest BCUT2D eigenvalue weighted by molar-refractivity contribution is 5.05. The second-order valence-electron chi connectivity index (χ2n) is 4.94. The first-order valence-corrected chi connectivity index (χ1v) is 5.89. The quantitative estimate of drug-likeness (QED) is 0.672. The van der Waals surface area contributed by atoms with Crippen LogP contribution in [0.3, 0.4) is 0 Å². The van der Waals surface area contributed by atoms with E-state index in [1.165, 1.54) is 32.1 Å². The van der Waals surface area contributed by atoms with Crippen LogP contribution in [-0.2, 0) is 0 Å². The smallest absolute Gasteiger partial charge is 0.0332 e. The molecule has 0 saturated heterocycles. The molecule has 1 saturated carbocycles. The van der Waals surface area contributed by atoms with Crippen LogP contribution in [0.2, 0.25) is 0 Å². The molecule has 2 heteroatoms. The lowest BCUT2D eigenvalue weighted by Gasteiger charge is -2.36. The predicted molar refractivity (Wildman–Crippen MR) is 60.1 cm³/mol. The standard InChI is InChI=1S/C12H22N2/c1-10-5-4-8-12(10,9-13)14-11-6-2-3-7-11/h2-3,10-11,14H,4-9,13H2,1H3. The zero-order valence-corrected chi connectivity index (χ0v) is 9.13. The first kappa shape index (κ1) is 10.2. The lowest BCUT2D eigenvalue weighted by molar-refractivity contribution is 0.238. The first-order chi connectivity index (χ1) is 6.77. The number of rotatable bonds is 3. The summed E-state index contributed by atoms with van der Waals surface area (Å²) < 4.78 is 0. The van der Waals surface area contributed by atoms with Crippen LogP contribution in [0.1, 0.15) is 39.0 Å². The predicted octanol–water partition coefficient (Wildman–Crippen LogP) is 1.81. The Hall–Kier alpha value is -0.340. The van der Waals surface area contributed by atoms with Gasteiger partial charge in [0, 0.05) is 18.1 Å². The van der Waals surface area contributed by atoms with Crippen molar-refractivity contribution >= 4 is 0 Å².